The molecule has 0 aliphatic heterocycles. The Hall–Kier alpha value is -0.380. The van der Waals surface area contributed by atoms with Gasteiger partial charge in [-0.1, -0.05) is 0 Å². The van der Waals surface area contributed by atoms with Crippen molar-refractivity contribution >= 4 is 14.2 Å². The molecule has 0 aliphatic rings. The van der Waals surface area contributed by atoms with Crippen molar-refractivity contribution in [3.05, 3.63) is 0 Å². The summed E-state index contributed by atoms with van der Waals surface area (Å²) in [6, 6.07) is 0. The zero-order valence-electron chi connectivity index (χ0n) is 8.20. The van der Waals surface area contributed by atoms with Crippen LogP contribution in [0.4, 0.5) is 0 Å². The number of carbonyl (C=O) groups is 1. The molecule has 0 saturated heterocycles. The minimum Gasteiger partial charge on any atom is -0.467 e. The summed E-state index contributed by atoms with van der Waals surface area (Å²) in [5.74, 6) is -0.564. The van der Waals surface area contributed by atoms with Gasteiger partial charge in [-0.3, -0.25) is 9.09 Å². The first kappa shape index (κ1) is 12.6. The second-order valence-corrected chi connectivity index (χ2v) is 3.67. The average molecular weight is 210 g/mol. The molecule has 0 bridgehead atoms. The van der Waals surface area contributed by atoms with Gasteiger partial charge in [-0.05, 0) is 20.8 Å². The van der Waals surface area contributed by atoms with Crippen molar-refractivity contribution in [2.24, 2.45) is 0 Å². The van der Waals surface area contributed by atoms with Crippen molar-refractivity contribution in [1.29, 1.82) is 0 Å². The highest BCUT2D eigenvalue weighted by atomic mass is 31.1. The van der Waals surface area contributed by atoms with Crippen molar-refractivity contribution < 1.29 is 23.1 Å². The van der Waals surface area contributed by atoms with E-state index in [0.29, 0.717) is 0 Å². The lowest BCUT2D eigenvalue weighted by atomic mass is 10.4. The number of methoxy groups -OCH3 is 1. The van der Waals surface area contributed by atoms with E-state index in [1.165, 1.54) is 14.0 Å². The van der Waals surface area contributed by atoms with Gasteiger partial charge in [0.25, 0.3) is 0 Å². The number of rotatable bonds is 5. The summed E-state index contributed by atoms with van der Waals surface area (Å²) in [5, 5.41) is 0. The molecule has 5 nitrogen and oxygen atoms in total. The van der Waals surface area contributed by atoms with Gasteiger partial charge < -0.3 is 9.26 Å². The van der Waals surface area contributed by atoms with Crippen molar-refractivity contribution in [3.63, 3.8) is 0 Å². The fourth-order valence-corrected chi connectivity index (χ4v) is 1.40. The van der Waals surface area contributed by atoms with Crippen molar-refractivity contribution in [2.45, 2.75) is 33.0 Å². The second kappa shape index (κ2) is 6.13. The van der Waals surface area contributed by atoms with Crippen LogP contribution in [0.5, 0.6) is 0 Å². The first-order chi connectivity index (χ1) is 5.97. The van der Waals surface area contributed by atoms with Crippen LogP contribution in [0.2, 0.25) is 0 Å². The lowest BCUT2D eigenvalue weighted by molar-refractivity contribution is -0.148. The van der Waals surface area contributed by atoms with E-state index in [2.05, 4.69) is 4.74 Å². The van der Waals surface area contributed by atoms with E-state index in [1.807, 2.05) is 0 Å². The van der Waals surface area contributed by atoms with E-state index in [0.717, 1.165) is 0 Å². The quantitative estimate of drug-likeness (QED) is 0.506. The van der Waals surface area contributed by atoms with Gasteiger partial charge in [0.05, 0.1) is 13.2 Å². The van der Waals surface area contributed by atoms with E-state index in [-0.39, 0.29) is 6.10 Å². The summed E-state index contributed by atoms with van der Waals surface area (Å²) >= 11 is 0. The minimum atomic E-state index is -2.59. The molecule has 0 amide bonds. The largest absolute Gasteiger partial charge is 0.467 e. The van der Waals surface area contributed by atoms with E-state index in [1.54, 1.807) is 13.8 Å². The van der Waals surface area contributed by atoms with E-state index in [9.17, 15) is 9.36 Å². The summed E-state index contributed by atoms with van der Waals surface area (Å²) < 4.78 is 25.0. The molecule has 6 heteroatoms. The van der Waals surface area contributed by atoms with E-state index >= 15 is 0 Å². The van der Waals surface area contributed by atoms with Gasteiger partial charge in [-0.15, -0.1) is 0 Å². The van der Waals surface area contributed by atoms with Gasteiger partial charge >= 0.3 is 14.2 Å². The van der Waals surface area contributed by atoms with Crippen LogP contribution in [0.15, 0.2) is 0 Å². The molecule has 0 heterocycles. The highest BCUT2D eigenvalue weighted by Gasteiger charge is 2.17. The Balaban J connectivity index is 3.85. The van der Waals surface area contributed by atoms with Crippen LogP contribution in [-0.2, 0) is 23.1 Å². The zero-order valence-corrected chi connectivity index (χ0v) is 9.20. The molecule has 0 rings (SSSR count). The molecule has 0 radical (unpaired) electrons. The van der Waals surface area contributed by atoms with Gasteiger partial charge in [0, 0.05) is 0 Å². The predicted molar refractivity (Wildman–Crippen MR) is 47.8 cm³/mol. The monoisotopic (exact) mass is 210 g/mol. The van der Waals surface area contributed by atoms with Crippen LogP contribution in [0.3, 0.4) is 0 Å². The lowest BCUT2D eigenvalue weighted by Crippen LogP contribution is -2.19. The SMILES string of the molecule is COC(=O)C(C)O[PH](=O)OC(C)C. The standard InChI is InChI=1S/C7H15O5P/c1-5(2)11-13(9)12-6(3)7(8)10-4/h5-6,13H,1-4H3. The summed E-state index contributed by atoms with van der Waals surface area (Å²) in [4.78, 5) is 10.8. The Morgan fingerprint density at radius 1 is 1.23 bits per heavy atom. The Labute approximate surface area is 78.3 Å². The molecule has 0 aromatic carbocycles. The average Bonchev–Trinajstić information content (AvgIpc) is 2.01. The smallest absolute Gasteiger partial charge is 0.335 e. The molecule has 0 saturated carbocycles. The second-order valence-electron chi connectivity index (χ2n) is 2.70. The third-order valence-electron chi connectivity index (χ3n) is 1.14. The molecule has 0 N–H and O–H groups in total. The fourth-order valence-electron chi connectivity index (χ4n) is 0.579. The molecule has 0 fully saturated rings. The number of hydrogen-bond donors (Lipinski definition) is 0. The number of esters is 1. The maximum atomic E-state index is 11.0. The molecule has 0 aliphatic carbocycles. The third-order valence-corrected chi connectivity index (χ3v) is 2.35. The Bertz CT molecular complexity index is 191. The molecule has 0 aromatic heterocycles. The highest BCUT2D eigenvalue weighted by molar-refractivity contribution is 7.33. The van der Waals surface area contributed by atoms with E-state index < -0.39 is 20.3 Å². The van der Waals surface area contributed by atoms with Crippen molar-refractivity contribution in [2.75, 3.05) is 7.11 Å². The summed E-state index contributed by atoms with van der Waals surface area (Å²) in [6.45, 7) is 4.92. The van der Waals surface area contributed by atoms with Gasteiger partial charge in [0.2, 0.25) is 0 Å². The van der Waals surface area contributed by atoms with Gasteiger partial charge in [0.1, 0.15) is 0 Å². The first-order valence-corrected chi connectivity index (χ1v) is 5.15. The molecule has 0 spiro atoms. The van der Waals surface area contributed by atoms with Gasteiger partial charge in [-0.25, -0.2) is 4.79 Å². The van der Waals surface area contributed by atoms with Crippen molar-refractivity contribution in [3.8, 4) is 0 Å². The number of carbonyl (C=O) groups excluding carboxylic acids is 1. The van der Waals surface area contributed by atoms with Crippen LogP contribution in [0.1, 0.15) is 20.8 Å². The topological polar surface area (TPSA) is 61.8 Å². The van der Waals surface area contributed by atoms with Crippen LogP contribution in [0.25, 0.3) is 0 Å². The lowest BCUT2D eigenvalue weighted by Gasteiger charge is -2.11. The predicted octanol–water partition coefficient (Wildman–Crippen LogP) is 1.38. The highest BCUT2D eigenvalue weighted by Crippen LogP contribution is 2.27. The van der Waals surface area contributed by atoms with Gasteiger partial charge in [0.15, 0.2) is 6.10 Å². The first-order valence-electron chi connectivity index (χ1n) is 3.92. The summed E-state index contributed by atoms with van der Waals surface area (Å²) in [7, 11) is -1.35. The molecular weight excluding hydrogens is 195 g/mol. The number of hydrogen-bond acceptors (Lipinski definition) is 5. The Morgan fingerprint density at radius 3 is 2.15 bits per heavy atom. The summed E-state index contributed by atoms with van der Waals surface area (Å²) in [6.07, 6.45) is -1.04. The third kappa shape index (κ3) is 5.80. The Kier molecular flexibility index (Phi) is 5.95. The summed E-state index contributed by atoms with van der Waals surface area (Å²) in [5.41, 5.74) is 0. The zero-order chi connectivity index (χ0) is 10.4. The molecule has 78 valence electrons. The molecule has 2 atom stereocenters. The maximum absolute atomic E-state index is 11.0. The van der Waals surface area contributed by atoms with Crippen LogP contribution in [-0.4, -0.2) is 25.3 Å². The molecular formula is C7H15O5P. The number of ether oxygens (including phenoxy) is 1. The van der Waals surface area contributed by atoms with Crippen LogP contribution < -0.4 is 0 Å². The van der Waals surface area contributed by atoms with Gasteiger partial charge in [-0.2, -0.15) is 0 Å². The maximum Gasteiger partial charge on any atom is 0.335 e. The molecule has 13 heavy (non-hydrogen) atoms. The minimum absolute atomic E-state index is 0.184. The molecule has 2 unspecified atom stereocenters. The normalized spacial score (nSPS) is 15.5. The fraction of sp³-hybridized carbons (Fsp3) is 0.857. The Morgan fingerprint density at radius 2 is 1.77 bits per heavy atom. The molecule has 0 aromatic rings. The van der Waals surface area contributed by atoms with Crippen molar-refractivity contribution in [1.82, 2.24) is 0 Å². The van der Waals surface area contributed by atoms with Crippen LogP contribution in [0, 0.1) is 0 Å². The van der Waals surface area contributed by atoms with Crippen LogP contribution >= 0.6 is 8.25 Å². The van der Waals surface area contributed by atoms with E-state index in [4.69, 9.17) is 9.05 Å².